The Morgan fingerprint density at radius 1 is 1.05 bits per heavy atom. The van der Waals surface area contributed by atoms with Crippen molar-refractivity contribution in [3.05, 3.63) is 70.7 Å². The highest BCUT2D eigenvalue weighted by atomic mass is 79.9. The third kappa shape index (κ3) is 2.26. The predicted molar refractivity (Wildman–Crippen MR) is 94.6 cm³/mol. The minimum absolute atomic E-state index is 0.0371. The topological polar surface area (TPSA) is 12.5 Å². The first kappa shape index (κ1) is 13.6. The van der Waals surface area contributed by atoms with Crippen molar-refractivity contribution >= 4 is 32.4 Å². The van der Waals surface area contributed by atoms with Crippen LogP contribution in [0.3, 0.4) is 0 Å². The van der Waals surface area contributed by atoms with Crippen LogP contribution in [-0.2, 0) is 6.42 Å². The number of halogens is 1. The lowest BCUT2D eigenvalue weighted by molar-refractivity contribution is 0.230. The van der Waals surface area contributed by atoms with E-state index >= 15 is 0 Å². The second-order valence-electron chi connectivity index (χ2n) is 5.64. The van der Waals surface area contributed by atoms with E-state index in [-0.39, 0.29) is 6.23 Å². The van der Waals surface area contributed by atoms with E-state index in [1.807, 2.05) is 12.1 Å². The predicted octanol–water partition coefficient (Wildman–Crippen LogP) is 5.00. The van der Waals surface area contributed by atoms with E-state index in [2.05, 4.69) is 76.4 Å². The minimum Gasteiger partial charge on any atom is -0.468 e. The molecule has 3 aromatic rings. The van der Waals surface area contributed by atoms with Gasteiger partial charge < -0.3 is 9.64 Å². The van der Waals surface area contributed by atoms with Crippen LogP contribution in [0.25, 0.3) is 10.8 Å². The Hall–Kier alpha value is -2.00. The molecule has 22 heavy (non-hydrogen) atoms. The second-order valence-corrected chi connectivity index (χ2v) is 6.55. The van der Waals surface area contributed by atoms with Gasteiger partial charge in [-0.05, 0) is 34.5 Å². The molecule has 0 radical (unpaired) electrons. The number of likely N-dealkylation sites (N-methyl/N-ethyl adjacent to an activating group) is 1. The van der Waals surface area contributed by atoms with Crippen molar-refractivity contribution < 1.29 is 4.74 Å². The molecule has 0 bridgehead atoms. The maximum Gasteiger partial charge on any atom is 0.176 e. The molecule has 0 fully saturated rings. The zero-order valence-corrected chi connectivity index (χ0v) is 13.9. The number of nitrogens with zero attached hydrogens (tertiary/aromatic N) is 1. The number of anilines is 1. The summed E-state index contributed by atoms with van der Waals surface area (Å²) in [6.45, 7) is 0. The number of rotatable bonds is 2. The monoisotopic (exact) mass is 353 g/mol. The van der Waals surface area contributed by atoms with Gasteiger partial charge in [0.25, 0.3) is 0 Å². The molecule has 4 rings (SSSR count). The third-order valence-electron chi connectivity index (χ3n) is 4.27. The van der Waals surface area contributed by atoms with Gasteiger partial charge >= 0.3 is 0 Å². The highest BCUT2D eigenvalue weighted by Gasteiger charge is 2.28. The molecule has 1 aliphatic rings. The molecule has 0 N–H and O–H groups in total. The van der Waals surface area contributed by atoms with Crippen molar-refractivity contribution in [1.29, 1.82) is 0 Å². The lowest BCUT2D eigenvalue weighted by Crippen LogP contribution is -2.33. The first-order valence-electron chi connectivity index (χ1n) is 7.38. The number of ether oxygens (including phenoxy) is 1. The lowest BCUT2D eigenvalue weighted by atomic mass is 10.0. The van der Waals surface area contributed by atoms with Crippen LogP contribution in [0.15, 0.2) is 65.1 Å². The van der Waals surface area contributed by atoms with Crippen LogP contribution < -0.4 is 9.64 Å². The van der Waals surface area contributed by atoms with Gasteiger partial charge in [-0.25, -0.2) is 0 Å². The van der Waals surface area contributed by atoms with Gasteiger partial charge in [-0.3, -0.25) is 0 Å². The van der Waals surface area contributed by atoms with Gasteiger partial charge in [0, 0.05) is 17.9 Å². The first-order chi connectivity index (χ1) is 10.7. The smallest absolute Gasteiger partial charge is 0.176 e. The molecule has 0 aliphatic carbocycles. The van der Waals surface area contributed by atoms with Crippen molar-refractivity contribution in [1.82, 2.24) is 0 Å². The third-order valence-corrected chi connectivity index (χ3v) is 4.76. The molecular weight excluding hydrogens is 338 g/mol. The quantitative estimate of drug-likeness (QED) is 0.642. The van der Waals surface area contributed by atoms with Crippen molar-refractivity contribution in [2.45, 2.75) is 12.6 Å². The van der Waals surface area contributed by atoms with E-state index < -0.39 is 0 Å². The summed E-state index contributed by atoms with van der Waals surface area (Å²) >= 11 is 3.53. The summed E-state index contributed by atoms with van der Waals surface area (Å²) in [5.74, 6) is 0.955. The molecule has 0 spiro atoms. The Kier molecular flexibility index (Phi) is 3.30. The molecule has 1 heterocycles. The van der Waals surface area contributed by atoms with Crippen molar-refractivity contribution in [2.75, 3.05) is 11.9 Å². The Labute approximate surface area is 138 Å². The van der Waals surface area contributed by atoms with Gasteiger partial charge in [0.05, 0.1) is 5.69 Å². The maximum atomic E-state index is 6.13. The maximum absolute atomic E-state index is 6.13. The van der Waals surface area contributed by atoms with E-state index in [0.29, 0.717) is 0 Å². The SMILES string of the molecule is CN1c2cc(Br)ccc2OC1Cc1cccc2ccccc12. The molecule has 0 aromatic heterocycles. The molecule has 1 aliphatic heterocycles. The fourth-order valence-corrected chi connectivity index (χ4v) is 3.43. The van der Waals surface area contributed by atoms with Gasteiger partial charge in [0.1, 0.15) is 5.75 Å². The Morgan fingerprint density at radius 3 is 2.77 bits per heavy atom. The summed E-state index contributed by atoms with van der Waals surface area (Å²) in [4.78, 5) is 2.21. The van der Waals surface area contributed by atoms with E-state index in [0.717, 1.165) is 22.3 Å². The first-order valence-corrected chi connectivity index (χ1v) is 8.17. The average Bonchev–Trinajstić information content (AvgIpc) is 2.84. The van der Waals surface area contributed by atoms with Crippen LogP contribution in [-0.4, -0.2) is 13.3 Å². The second kappa shape index (κ2) is 5.33. The van der Waals surface area contributed by atoms with Gasteiger partial charge in [-0.1, -0.05) is 58.4 Å². The molecule has 1 atom stereocenters. The standard InChI is InChI=1S/C19H16BrNO/c1-21-17-12-15(20)9-10-18(17)22-19(21)11-14-7-4-6-13-5-2-3-8-16(13)14/h2-10,12,19H,11H2,1H3. The summed E-state index contributed by atoms with van der Waals surface area (Å²) in [7, 11) is 2.09. The van der Waals surface area contributed by atoms with Crippen molar-refractivity contribution in [3.8, 4) is 5.75 Å². The molecule has 110 valence electrons. The number of fused-ring (bicyclic) bond motifs is 2. The molecular formula is C19H16BrNO. The molecule has 0 saturated heterocycles. The molecule has 3 aromatic carbocycles. The van der Waals surface area contributed by atoms with Crippen LogP contribution in [0.1, 0.15) is 5.56 Å². The molecule has 0 amide bonds. The summed E-state index contributed by atoms with van der Waals surface area (Å²) in [6, 6.07) is 21.1. The highest BCUT2D eigenvalue weighted by molar-refractivity contribution is 9.10. The van der Waals surface area contributed by atoms with Crippen molar-refractivity contribution in [3.63, 3.8) is 0 Å². The molecule has 0 saturated carbocycles. The van der Waals surface area contributed by atoms with Crippen LogP contribution >= 0.6 is 15.9 Å². The highest BCUT2D eigenvalue weighted by Crippen LogP contribution is 2.39. The lowest BCUT2D eigenvalue weighted by Gasteiger charge is -2.21. The fourth-order valence-electron chi connectivity index (χ4n) is 3.08. The van der Waals surface area contributed by atoms with E-state index in [4.69, 9.17) is 4.74 Å². The van der Waals surface area contributed by atoms with Crippen LogP contribution in [0.5, 0.6) is 5.75 Å². The van der Waals surface area contributed by atoms with Crippen LogP contribution in [0, 0.1) is 0 Å². The zero-order valence-electron chi connectivity index (χ0n) is 12.3. The average molecular weight is 354 g/mol. The number of hydrogen-bond acceptors (Lipinski definition) is 2. The molecule has 3 heteroatoms. The molecule has 2 nitrogen and oxygen atoms in total. The normalized spacial score (nSPS) is 16.6. The van der Waals surface area contributed by atoms with E-state index in [1.54, 1.807) is 0 Å². The van der Waals surface area contributed by atoms with E-state index in [1.165, 1.54) is 16.3 Å². The molecule has 1 unspecified atom stereocenters. The summed E-state index contributed by atoms with van der Waals surface area (Å²) in [5.41, 5.74) is 2.46. The zero-order chi connectivity index (χ0) is 15.1. The Balaban J connectivity index is 1.67. The Bertz CT molecular complexity index is 840. The van der Waals surface area contributed by atoms with E-state index in [9.17, 15) is 0 Å². The van der Waals surface area contributed by atoms with Gasteiger partial charge in [-0.2, -0.15) is 0 Å². The minimum atomic E-state index is 0.0371. The van der Waals surface area contributed by atoms with Gasteiger partial charge in [-0.15, -0.1) is 0 Å². The van der Waals surface area contributed by atoms with Gasteiger partial charge in [0.15, 0.2) is 6.23 Å². The summed E-state index contributed by atoms with van der Waals surface area (Å²) in [6.07, 6.45) is 0.902. The van der Waals surface area contributed by atoms with Crippen LogP contribution in [0.2, 0.25) is 0 Å². The largest absolute Gasteiger partial charge is 0.468 e. The number of benzene rings is 3. The fraction of sp³-hybridized carbons (Fsp3) is 0.158. The van der Waals surface area contributed by atoms with Crippen LogP contribution in [0.4, 0.5) is 5.69 Å². The Morgan fingerprint density at radius 2 is 1.86 bits per heavy atom. The van der Waals surface area contributed by atoms with Gasteiger partial charge in [0.2, 0.25) is 0 Å². The van der Waals surface area contributed by atoms with Crippen molar-refractivity contribution in [2.24, 2.45) is 0 Å². The summed E-state index contributed by atoms with van der Waals surface area (Å²) in [5, 5.41) is 2.58. The summed E-state index contributed by atoms with van der Waals surface area (Å²) < 4.78 is 7.21. The number of hydrogen-bond donors (Lipinski definition) is 0.